The Balaban J connectivity index is 1.32. The van der Waals surface area contributed by atoms with Gasteiger partial charge in [-0.05, 0) is 58.8 Å². The zero-order valence-electron chi connectivity index (χ0n) is 19.8. The summed E-state index contributed by atoms with van der Waals surface area (Å²) in [5, 5.41) is 23.9. The molecule has 1 aliphatic rings. The second-order valence-electron chi connectivity index (χ2n) is 9.29. The lowest BCUT2D eigenvalue weighted by Crippen LogP contribution is -2.44. The van der Waals surface area contributed by atoms with Crippen molar-refractivity contribution in [3.63, 3.8) is 0 Å². The van der Waals surface area contributed by atoms with Crippen LogP contribution in [0.1, 0.15) is 41.4 Å². The van der Waals surface area contributed by atoms with Crippen LogP contribution < -0.4 is 0 Å². The summed E-state index contributed by atoms with van der Waals surface area (Å²) in [6.45, 7) is 8.66. The molecule has 1 aliphatic heterocycles. The van der Waals surface area contributed by atoms with Crippen LogP contribution >= 0.6 is 0 Å². The number of aryl methyl sites for hydroxylation is 3. The van der Waals surface area contributed by atoms with Gasteiger partial charge < -0.3 is 5.11 Å². The zero-order valence-corrected chi connectivity index (χ0v) is 19.8. The van der Waals surface area contributed by atoms with E-state index in [4.69, 9.17) is 9.97 Å². The molecule has 3 aromatic heterocycles. The van der Waals surface area contributed by atoms with Crippen molar-refractivity contribution < 1.29 is 5.11 Å². The van der Waals surface area contributed by atoms with Crippen LogP contribution in [0.25, 0.3) is 22.2 Å². The molecule has 5 rings (SSSR count). The van der Waals surface area contributed by atoms with Crippen molar-refractivity contribution in [3.05, 3.63) is 58.9 Å². The number of aliphatic hydroxyl groups is 1. The van der Waals surface area contributed by atoms with Crippen molar-refractivity contribution in [2.45, 2.75) is 45.6 Å². The van der Waals surface area contributed by atoms with Gasteiger partial charge in [0.2, 0.25) is 0 Å². The maximum atomic E-state index is 10.4. The number of benzene rings is 1. The topological polar surface area (TPSA) is 95.7 Å². The number of aromatic amines is 1. The van der Waals surface area contributed by atoms with Crippen molar-refractivity contribution in [2.24, 2.45) is 7.05 Å². The molecule has 2 N–H and O–H groups in total. The third kappa shape index (κ3) is 3.83. The number of nitrogens with one attached hydrogen (secondary N) is 1. The second-order valence-corrected chi connectivity index (χ2v) is 9.29. The SMILES string of the molecule is Cc1nn(C)c(C)c1-c1cc(C2(CO)CCN(Cc3nc(C)c4ccccc4n3)CC2)[nH]n1. The van der Waals surface area contributed by atoms with Gasteiger partial charge in [-0.1, -0.05) is 18.2 Å². The lowest BCUT2D eigenvalue weighted by molar-refractivity contribution is 0.0933. The Labute approximate surface area is 193 Å². The van der Waals surface area contributed by atoms with E-state index in [-0.39, 0.29) is 12.0 Å². The van der Waals surface area contributed by atoms with Gasteiger partial charge in [0.15, 0.2) is 0 Å². The van der Waals surface area contributed by atoms with Gasteiger partial charge in [0.05, 0.1) is 30.1 Å². The van der Waals surface area contributed by atoms with E-state index in [0.717, 1.165) is 83.2 Å². The molecule has 1 saturated heterocycles. The number of hydrogen-bond donors (Lipinski definition) is 2. The Morgan fingerprint density at radius 1 is 1.06 bits per heavy atom. The van der Waals surface area contributed by atoms with Crippen LogP contribution in [0.3, 0.4) is 0 Å². The summed E-state index contributed by atoms with van der Waals surface area (Å²) in [6.07, 6.45) is 1.70. The number of H-pyrrole nitrogens is 1. The summed E-state index contributed by atoms with van der Waals surface area (Å²) in [7, 11) is 1.95. The normalized spacial score (nSPS) is 16.5. The van der Waals surface area contributed by atoms with Gasteiger partial charge in [-0.3, -0.25) is 14.7 Å². The Morgan fingerprint density at radius 2 is 1.82 bits per heavy atom. The minimum Gasteiger partial charge on any atom is -0.395 e. The van der Waals surface area contributed by atoms with E-state index in [1.807, 2.05) is 43.8 Å². The molecule has 0 saturated carbocycles. The molecule has 4 aromatic rings. The molecular formula is C25H31N7O. The maximum absolute atomic E-state index is 10.4. The minimum absolute atomic E-state index is 0.0963. The van der Waals surface area contributed by atoms with Crippen LogP contribution in [-0.2, 0) is 19.0 Å². The Hall–Kier alpha value is -3.10. The van der Waals surface area contributed by atoms with Gasteiger partial charge in [0.25, 0.3) is 0 Å². The predicted molar refractivity (Wildman–Crippen MR) is 128 cm³/mol. The summed E-state index contributed by atoms with van der Waals surface area (Å²) < 4.78 is 1.88. The van der Waals surface area contributed by atoms with Gasteiger partial charge in [-0.25, -0.2) is 9.97 Å². The van der Waals surface area contributed by atoms with E-state index in [1.54, 1.807) is 0 Å². The fourth-order valence-electron chi connectivity index (χ4n) is 5.08. The van der Waals surface area contributed by atoms with Crippen LogP contribution in [0.4, 0.5) is 0 Å². The molecule has 0 unspecified atom stereocenters. The van der Waals surface area contributed by atoms with Crippen molar-refractivity contribution in [1.82, 2.24) is 34.8 Å². The van der Waals surface area contributed by atoms with Crippen LogP contribution in [0.5, 0.6) is 0 Å². The molecule has 0 atom stereocenters. The summed E-state index contributed by atoms with van der Waals surface area (Å²) in [5.74, 6) is 0.856. The van der Waals surface area contributed by atoms with Gasteiger partial charge in [0, 0.05) is 40.5 Å². The molecule has 8 heteroatoms. The van der Waals surface area contributed by atoms with Gasteiger partial charge >= 0.3 is 0 Å². The molecule has 172 valence electrons. The highest BCUT2D eigenvalue weighted by molar-refractivity contribution is 5.80. The first-order chi connectivity index (χ1) is 15.9. The third-order valence-electron chi connectivity index (χ3n) is 7.24. The predicted octanol–water partition coefficient (Wildman–Crippen LogP) is 3.20. The molecule has 0 spiro atoms. The summed E-state index contributed by atoms with van der Waals surface area (Å²) in [4.78, 5) is 11.9. The number of aromatic nitrogens is 6. The van der Waals surface area contributed by atoms with Crippen molar-refractivity contribution in [1.29, 1.82) is 0 Å². The quantitative estimate of drug-likeness (QED) is 0.490. The van der Waals surface area contributed by atoms with E-state index in [0.29, 0.717) is 0 Å². The lowest BCUT2D eigenvalue weighted by Gasteiger charge is -2.39. The second kappa shape index (κ2) is 8.35. The van der Waals surface area contributed by atoms with Crippen LogP contribution in [0.15, 0.2) is 30.3 Å². The van der Waals surface area contributed by atoms with Gasteiger partial charge in [-0.2, -0.15) is 10.2 Å². The summed E-state index contributed by atoms with van der Waals surface area (Å²) in [5.41, 5.74) is 6.70. The Morgan fingerprint density at radius 3 is 2.52 bits per heavy atom. The van der Waals surface area contributed by atoms with E-state index in [2.05, 4.69) is 39.3 Å². The van der Waals surface area contributed by atoms with Crippen LogP contribution in [0, 0.1) is 20.8 Å². The van der Waals surface area contributed by atoms with E-state index < -0.39 is 0 Å². The summed E-state index contributed by atoms with van der Waals surface area (Å²) in [6, 6.07) is 10.2. The largest absolute Gasteiger partial charge is 0.395 e. The average molecular weight is 446 g/mol. The Kier molecular flexibility index (Phi) is 5.50. The minimum atomic E-state index is -0.314. The Bertz CT molecular complexity index is 1300. The van der Waals surface area contributed by atoms with Crippen molar-refractivity contribution in [3.8, 4) is 11.3 Å². The summed E-state index contributed by atoms with van der Waals surface area (Å²) >= 11 is 0. The molecule has 0 amide bonds. The van der Waals surface area contributed by atoms with Crippen molar-refractivity contribution in [2.75, 3.05) is 19.7 Å². The van der Waals surface area contributed by atoms with E-state index >= 15 is 0 Å². The molecule has 4 heterocycles. The number of piperidine rings is 1. The fraction of sp³-hybridized carbons (Fsp3) is 0.440. The van der Waals surface area contributed by atoms with Gasteiger partial charge in [0.1, 0.15) is 5.82 Å². The first-order valence-electron chi connectivity index (χ1n) is 11.5. The lowest BCUT2D eigenvalue weighted by atomic mass is 9.76. The average Bonchev–Trinajstić information content (AvgIpc) is 3.39. The number of para-hydroxylation sites is 1. The molecule has 1 fully saturated rings. The molecule has 1 aromatic carbocycles. The maximum Gasteiger partial charge on any atom is 0.143 e. The molecule has 33 heavy (non-hydrogen) atoms. The highest BCUT2D eigenvalue weighted by atomic mass is 16.3. The third-order valence-corrected chi connectivity index (χ3v) is 7.24. The zero-order chi connectivity index (χ0) is 23.2. The smallest absolute Gasteiger partial charge is 0.143 e. The van der Waals surface area contributed by atoms with Crippen LogP contribution in [-0.4, -0.2) is 59.6 Å². The number of rotatable bonds is 5. The van der Waals surface area contributed by atoms with Gasteiger partial charge in [-0.15, -0.1) is 0 Å². The first-order valence-corrected chi connectivity index (χ1v) is 11.5. The van der Waals surface area contributed by atoms with E-state index in [9.17, 15) is 5.11 Å². The number of aliphatic hydroxyl groups excluding tert-OH is 1. The fourth-order valence-corrected chi connectivity index (χ4v) is 5.08. The molecular weight excluding hydrogens is 414 g/mol. The monoisotopic (exact) mass is 445 g/mol. The molecule has 0 bridgehead atoms. The molecule has 8 nitrogen and oxygen atoms in total. The number of likely N-dealkylation sites (tertiary alicyclic amines) is 1. The van der Waals surface area contributed by atoms with Crippen LogP contribution in [0.2, 0.25) is 0 Å². The highest BCUT2D eigenvalue weighted by Gasteiger charge is 2.38. The number of hydrogen-bond acceptors (Lipinski definition) is 6. The first kappa shape index (κ1) is 21.7. The standard InChI is InChI=1S/C25H31N7O/c1-16-19-7-5-6-8-20(19)27-23(26-16)14-32-11-9-25(15-33,10-12-32)22-13-21(28-29-22)24-17(2)30-31(4)18(24)3/h5-8,13,33H,9-12,14-15H2,1-4H3,(H,28,29). The van der Waals surface area contributed by atoms with Crippen molar-refractivity contribution >= 4 is 10.9 Å². The number of nitrogens with zero attached hydrogens (tertiary/aromatic N) is 6. The molecule has 0 radical (unpaired) electrons. The highest BCUT2D eigenvalue weighted by Crippen LogP contribution is 2.37. The van der Waals surface area contributed by atoms with E-state index in [1.165, 1.54) is 0 Å². The molecule has 0 aliphatic carbocycles. The number of fused-ring (bicyclic) bond motifs is 1.